The van der Waals surface area contributed by atoms with Crippen LogP contribution in [0.25, 0.3) is 0 Å². The van der Waals surface area contributed by atoms with Gasteiger partial charge in [0.25, 0.3) is 5.91 Å². The van der Waals surface area contributed by atoms with E-state index in [4.69, 9.17) is 0 Å². The molecule has 2 aromatic carbocycles. The summed E-state index contributed by atoms with van der Waals surface area (Å²) in [5.74, 6) is -0.474. The number of hydrogen-bond acceptors (Lipinski definition) is 3. The Kier molecular flexibility index (Phi) is 4.06. The van der Waals surface area contributed by atoms with Gasteiger partial charge in [-0.15, -0.1) is 0 Å². The van der Waals surface area contributed by atoms with E-state index in [9.17, 15) is 4.79 Å². The summed E-state index contributed by atoms with van der Waals surface area (Å²) >= 11 is 0. The van der Waals surface area contributed by atoms with Gasteiger partial charge >= 0.3 is 0 Å². The van der Waals surface area contributed by atoms with E-state index >= 15 is 0 Å². The fraction of sp³-hybridized carbons (Fsp3) is 0.211. The van der Waals surface area contributed by atoms with Gasteiger partial charge < -0.3 is 0 Å². The second-order valence-electron chi connectivity index (χ2n) is 5.77. The Labute approximate surface area is 136 Å². The molecule has 0 radical (unpaired) electrons. The lowest BCUT2D eigenvalue weighted by molar-refractivity contribution is -0.118. The number of carbonyl (C=O) groups is 1. The van der Waals surface area contributed by atoms with Crippen LogP contribution in [0.1, 0.15) is 18.1 Å². The van der Waals surface area contributed by atoms with Crippen LogP contribution in [0, 0.1) is 19.8 Å². The normalized spacial score (nSPS) is 17.9. The molecular formula is C19H19N3O. The second kappa shape index (κ2) is 6.16. The van der Waals surface area contributed by atoms with E-state index in [-0.39, 0.29) is 5.91 Å². The molecule has 0 N–H and O–H groups in total. The minimum absolute atomic E-state index is 0.0674. The summed E-state index contributed by atoms with van der Waals surface area (Å²) in [7, 11) is 0. The number of rotatable bonds is 3. The third-order valence-corrected chi connectivity index (χ3v) is 3.90. The number of hydrogen-bond donors (Lipinski definition) is 0. The first-order chi connectivity index (χ1) is 11.1. The molecule has 0 saturated heterocycles. The molecule has 23 heavy (non-hydrogen) atoms. The Balaban J connectivity index is 1.83. The Hall–Kier alpha value is -2.75. The Morgan fingerprint density at radius 1 is 1.09 bits per heavy atom. The predicted molar refractivity (Wildman–Crippen MR) is 94.6 cm³/mol. The van der Waals surface area contributed by atoms with E-state index in [2.05, 4.69) is 23.1 Å². The summed E-state index contributed by atoms with van der Waals surface area (Å²) in [6, 6.07) is 15.5. The third kappa shape index (κ3) is 3.06. The Bertz CT molecular complexity index is 794. The highest BCUT2D eigenvalue weighted by Gasteiger charge is 2.33. The maximum Gasteiger partial charge on any atom is 0.261 e. The number of aryl methyl sites for hydroxylation is 2. The van der Waals surface area contributed by atoms with Crippen molar-refractivity contribution in [3.8, 4) is 0 Å². The van der Waals surface area contributed by atoms with Crippen LogP contribution in [-0.2, 0) is 4.79 Å². The quantitative estimate of drug-likeness (QED) is 0.789. The maximum atomic E-state index is 12.6. The summed E-state index contributed by atoms with van der Waals surface area (Å²) in [6.07, 6.45) is 1.70. The second-order valence-corrected chi connectivity index (χ2v) is 5.77. The molecule has 1 amide bonds. The van der Waals surface area contributed by atoms with Crippen LogP contribution in [0.4, 0.5) is 11.4 Å². The monoisotopic (exact) mass is 305 g/mol. The van der Waals surface area contributed by atoms with Gasteiger partial charge in [-0.3, -0.25) is 9.79 Å². The fourth-order valence-electron chi connectivity index (χ4n) is 2.61. The molecule has 116 valence electrons. The standard InChI is InChI=1S/C19H19N3O/c1-13-9-10-18(14(2)11-13)20-12-17-15(3)21-22(19(17)23)16-7-5-4-6-8-16/h4-12,17H,1-3H3/t17-/m1/s1. The van der Waals surface area contributed by atoms with E-state index in [0.29, 0.717) is 0 Å². The molecule has 0 fully saturated rings. The van der Waals surface area contributed by atoms with Crippen molar-refractivity contribution in [3.63, 3.8) is 0 Å². The average Bonchev–Trinajstić information content (AvgIpc) is 2.82. The number of amides is 1. The van der Waals surface area contributed by atoms with Gasteiger partial charge in [-0.05, 0) is 44.5 Å². The van der Waals surface area contributed by atoms with E-state index in [0.717, 1.165) is 22.6 Å². The summed E-state index contributed by atoms with van der Waals surface area (Å²) in [6.45, 7) is 5.93. The molecule has 0 unspecified atom stereocenters. The molecule has 1 heterocycles. The van der Waals surface area contributed by atoms with Gasteiger partial charge in [0.1, 0.15) is 5.92 Å². The van der Waals surface area contributed by atoms with Crippen molar-refractivity contribution in [3.05, 3.63) is 59.7 Å². The maximum absolute atomic E-state index is 12.6. The van der Waals surface area contributed by atoms with E-state index < -0.39 is 5.92 Å². The van der Waals surface area contributed by atoms with Gasteiger partial charge in [-0.2, -0.15) is 10.1 Å². The van der Waals surface area contributed by atoms with Crippen LogP contribution in [0.3, 0.4) is 0 Å². The smallest absolute Gasteiger partial charge is 0.261 e. The van der Waals surface area contributed by atoms with E-state index in [1.54, 1.807) is 6.21 Å². The molecule has 2 aromatic rings. The number of carbonyl (C=O) groups excluding carboxylic acids is 1. The lowest BCUT2D eigenvalue weighted by Crippen LogP contribution is -2.27. The third-order valence-electron chi connectivity index (χ3n) is 3.90. The fourth-order valence-corrected chi connectivity index (χ4v) is 2.61. The molecule has 0 aromatic heterocycles. The van der Waals surface area contributed by atoms with Crippen molar-refractivity contribution in [2.24, 2.45) is 16.0 Å². The number of aliphatic imine (C=N–C) groups is 1. The summed E-state index contributed by atoms with van der Waals surface area (Å²) in [5.41, 5.74) is 4.72. The van der Waals surface area contributed by atoms with Gasteiger partial charge in [0.2, 0.25) is 0 Å². The lowest BCUT2D eigenvalue weighted by atomic mass is 10.1. The lowest BCUT2D eigenvalue weighted by Gasteiger charge is -2.12. The molecule has 1 atom stereocenters. The molecule has 0 saturated carbocycles. The van der Waals surface area contributed by atoms with Crippen LogP contribution in [0.15, 0.2) is 58.6 Å². The molecular weight excluding hydrogens is 286 g/mol. The van der Waals surface area contributed by atoms with Gasteiger partial charge in [0.15, 0.2) is 0 Å². The first-order valence-electron chi connectivity index (χ1n) is 7.62. The van der Waals surface area contributed by atoms with Crippen molar-refractivity contribution in [1.29, 1.82) is 0 Å². The zero-order chi connectivity index (χ0) is 16.4. The minimum Gasteiger partial charge on any atom is -0.271 e. The number of nitrogens with zero attached hydrogens (tertiary/aromatic N) is 3. The molecule has 4 heteroatoms. The zero-order valence-corrected chi connectivity index (χ0v) is 13.5. The van der Waals surface area contributed by atoms with Crippen LogP contribution in [0.2, 0.25) is 0 Å². The van der Waals surface area contributed by atoms with Crippen LogP contribution < -0.4 is 5.01 Å². The molecule has 0 bridgehead atoms. The summed E-state index contributed by atoms with van der Waals surface area (Å²) < 4.78 is 0. The number of anilines is 1. The topological polar surface area (TPSA) is 45.0 Å². The SMILES string of the molecule is CC1=NN(c2ccccc2)C(=O)[C@@H]1C=Nc1ccc(C)cc1C. The summed E-state index contributed by atoms with van der Waals surface area (Å²) in [5, 5.41) is 5.83. The van der Waals surface area contributed by atoms with Gasteiger partial charge in [0, 0.05) is 6.21 Å². The van der Waals surface area contributed by atoms with Crippen molar-refractivity contribution in [2.45, 2.75) is 20.8 Å². The number of para-hydroxylation sites is 1. The summed E-state index contributed by atoms with van der Waals surface area (Å²) in [4.78, 5) is 17.1. The van der Waals surface area contributed by atoms with Gasteiger partial charge in [-0.1, -0.05) is 35.9 Å². The van der Waals surface area contributed by atoms with Crippen LogP contribution >= 0.6 is 0 Å². The molecule has 1 aliphatic heterocycles. The zero-order valence-electron chi connectivity index (χ0n) is 13.5. The van der Waals surface area contributed by atoms with Crippen molar-refractivity contribution in [1.82, 2.24) is 0 Å². The molecule has 1 aliphatic rings. The van der Waals surface area contributed by atoms with Crippen molar-refractivity contribution in [2.75, 3.05) is 5.01 Å². The number of hydrazone groups is 1. The van der Waals surface area contributed by atoms with Gasteiger partial charge in [0.05, 0.1) is 17.1 Å². The molecule has 4 nitrogen and oxygen atoms in total. The highest BCUT2D eigenvalue weighted by molar-refractivity contribution is 6.23. The average molecular weight is 305 g/mol. The number of benzene rings is 2. The first-order valence-corrected chi connectivity index (χ1v) is 7.62. The van der Waals surface area contributed by atoms with Gasteiger partial charge in [-0.25, -0.2) is 0 Å². The molecule has 0 aliphatic carbocycles. The highest BCUT2D eigenvalue weighted by atomic mass is 16.2. The van der Waals surface area contributed by atoms with Crippen LogP contribution in [-0.4, -0.2) is 17.8 Å². The van der Waals surface area contributed by atoms with Crippen molar-refractivity contribution < 1.29 is 4.79 Å². The largest absolute Gasteiger partial charge is 0.271 e. The predicted octanol–water partition coefficient (Wildman–Crippen LogP) is 4.04. The van der Waals surface area contributed by atoms with E-state index in [1.807, 2.05) is 56.3 Å². The highest BCUT2D eigenvalue weighted by Crippen LogP contribution is 2.24. The Morgan fingerprint density at radius 2 is 1.83 bits per heavy atom. The molecule has 0 spiro atoms. The van der Waals surface area contributed by atoms with Crippen LogP contribution in [0.5, 0.6) is 0 Å². The molecule has 3 rings (SSSR count). The van der Waals surface area contributed by atoms with Crippen molar-refractivity contribution >= 4 is 29.2 Å². The first kappa shape index (κ1) is 15.2. The van der Waals surface area contributed by atoms with E-state index in [1.165, 1.54) is 10.6 Å². The minimum atomic E-state index is -0.407. The Morgan fingerprint density at radius 3 is 2.52 bits per heavy atom.